The minimum atomic E-state index is 0.231. The van der Waals surface area contributed by atoms with E-state index in [0.29, 0.717) is 0 Å². The van der Waals surface area contributed by atoms with Crippen LogP contribution in [-0.4, -0.2) is 6.54 Å². The van der Waals surface area contributed by atoms with Crippen molar-refractivity contribution in [2.24, 2.45) is 5.73 Å². The van der Waals surface area contributed by atoms with E-state index in [9.17, 15) is 0 Å². The summed E-state index contributed by atoms with van der Waals surface area (Å²) in [6.45, 7) is 5.14. The molecule has 0 amide bonds. The van der Waals surface area contributed by atoms with Gasteiger partial charge in [0.1, 0.15) is 0 Å². The predicted octanol–water partition coefficient (Wildman–Crippen LogP) is 3.84. The molecule has 1 nitrogen and oxygen atoms in total. The summed E-state index contributed by atoms with van der Waals surface area (Å²) in [7, 11) is 0. The number of aryl methyl sites for hydroxylation is 2. The second kappa shape index (κ2) is 4.50. The van der Waals surface area contributed by atoms with Gasteiger partial charge in [0.05, 0.1) is 0 Å². The van der Waals surface area contributed by atoms with Gasteiger partial charge in [0.15, 0.2) is 0 Å². The van der Waals surface area contributed by atoms with Crippen LogP contribution in [0.25, 0.3) is 0 Å². The average Bonchev–Trinajstić information content (AvgIpc) is 2.74. The fourth-order valence-corrected chi connectivity index (χ4v) is 3.90. The zero-order valence-corrected chi connectivity index (χ0v) is 11.7. The number of halogens is 1. The topological polar surface area (TPSA) is 26.0 Å². The molecule has 2 N–H and O–H groups in total. The summed E-state index contributed by atoms with van der Waals surface area (Å²) in [6.07, 6.45) is 5.12. The van der Waals surface area contributed by atoms with Crippen LogP contribution >= 0.6 is 15.9 Å². The molecule has 0 atom stereocenters. The molecule has 0 heterocycles. The highest BCUT2D eigenvalue weighted by atomic mass is 79.9. The van der Waals surface area contributed by atoms with E-state index in [1.54, 1.807) is 0 Å². The van der Waals surface area contributed by atoms with Gasteiger partial charge in [0.2, 0.25) is 0 Å². The Morgan fingerprint density at radius 2 is 1.75 bits per heavy atom. The molecule has 88 valence electrons. The highest BCUT2D eigenvalue weighted by Gasteiger charge is 2.37. The zero-order chi connectivity index (χ0) is 11.8. The summed E-state index contributed by atoms with van der Waals surface area (Å²) < 4.78 is 1.28. The van der Waals surface area contributed by atoms with E-state index in [0.717, 1.165) is 6.54 Å². The summed E-state index contributed by atoms with van der Waals surface area (Å²) in [5, 5.41) is 0. The summed E-state index contributed by atoms with van der Waals surface area (Å²) >= 11 is 3.76. The van der Waals surface area contributed by atoms with Gasteiger partial charge in [-0.3, -0.25) is 0 Å². The molecular weight excluding hydrogens is 262 g/mol. The van der Waals surface area contributed by atoms with Gasteiger partial charge in [-0.1, -0.05) is 40.9 Å². The monoisotopic (exact) mass is 281 g/mol. The molecule has 0 radical (unpaired) electrons. The van der Waals surface area contributed by atoms with E-state index >= 15 is 0 Å². The summed E-state index contributed by atoms with van der Waals surface area (Å²) in [6, 6.07) is 4.41. The Kier molecular flexibility index (Phi) is 3.41. The van der Waals surface area contributed by atoms with Gasteiger partial charge in [-0.15, -0.1) is 0 Å². The van der Waals surface area contributed by atoms with Crippen LogP contribution in [-0.2, 0) is 5.41 Å². The van der Waals surface area contributed by atoms with Crippen molar-refractivity contribution in [3.63, 3.8) is 0 Å². The van der Waals surface area contributed by atoms with Crippen LogP contribution in [0.2, 0.25) is 0 Å². The fraction of sp³-hybridized carbons (Fsp3) is 0.571. The van der Waals surface area contributed by atoms with Crippen LogP contribution in [0.1, 0.15) is 42.4 Å². The SMILES string of the molecule is Cc1ccc(C)c(C2(CN)CCCC2)c1Br. The average molecular weight is 282 g/mol. The molecule has 1 fully saturated rings. The lowest BCUT2D eigenvalue weighted by Gasteiger charge is -2.31. The van der Waals surface area contributed by atoms with Crippen LogP contribution in [0.3, 0.4) is 0 Å². The van der Waals surface area contributed by atoms with E-state index in [1.807, 2.05) is 0 Å². The maximum Gasteiger partial charge on any atom is 0.0245 e. The fourth-order valence-electron chi connectivity index (χ4n) is 3.04. The van der Waals surface area contributed by atoms with Crippen LogP contribution in [0.15, 0.2) is 16.6 Å². The van der Waals surface area contributed by atoms with Crippen molar-refractivity contribution in [1.82, 2.24) is 0 Å². The number of benzene rings is 1. The van der Waals surface area contributed by atoms with Gasteiger partial charge < -0.3 is 5.73 Å². The molecule has 2 rings (SSSR count). The second-order valence-corrected chi connectivity index (χ2v) is 5.87. The van der Waals surface area contributed by atoms with Crippen molar-refractivity contribution in [3.8, 4) is 0 Å². The Balaban J connectivity index is 2.57. The lowest BCUT2D eigenvalue weighted by atomic mass is 9.76. The van der Waals surface area contributed by atoms with Gasteiger partial charge in [-0.05, 0) is 43.4 Å². The predicted molar refractivity (Wildman–Crippen MR) is 72.8 cm³/mol. The molecule has 2 heteroatoms. The smallest absolute Gasteiger partial charge is 0.0245 e. The zero-order valence-electron chi connectivity index (χ0n) is 10.1. The van der Waals surface area contributed by atoms with Gasteiger partial charge in [0, 0.05) is 16.4 Å². The van der Waals surface area contributed by atoms with Crippen molar-refractivity contribution in [3.05, 3.63) is 33.3 Å². The third-order valence-electron chi connectivity index (χ3n) is 4.03. The lowest BCUT2D eigenvalue weighted by molar-refractivity contribution is 0.448. The van der Waals surface area contributed by atoms with Crippen LogP contribution < -0.4 is 5.73 Å². The number of hydrogen-bond acceptors (Lipinski definition) is 1. The van der Waals surface area contributed by atoms with E-state index in [-0.39, 0.29) is 5.41 Å². The van der Waals surface area contributed by atoms with Gasteiger partial charge in [-0.2, -0.15) is 0 Å². The third-order valence-corrected chi connectivity index (χ3v) is 5.05. The lowest BCUT2D eigenvalue weighted by Crippen LogP contribution is -2.33. The number of rotatable bonds is 2. The third kappa shape index (κ3) is 1.82. The molecular formula is C14H20BrN. The van der Waals surface area contributed by atoms with Gasteiger partial charge in [-0.25, -0.2) is 0 Å². The highest BCUT2D eigenvalue weighted by molar-refractivity contribution is 9.10. The summed E-state index contributed by atoms with van der Waals surface area (Å²) in [4.78, 5) is 0. The molecule has 0 bridgehead atoms. The second-order valence-electron chi connectivity index (χ2n) is 5.08. The summed E-state index contributed by atoms with van der Waals surface area (Å²) in [5.74, 6) is 0. The molecule has 0 saturated heterocycles. The van der Waals surface area contributed by atoms with Crippen molar-refractivity contribution in [2.45, 2.75) is 44.9 Å². The molecule has 0 unspecified atom stereocenters. The first-order valence-electron chi connectivity index (χ1n) is 6.07. The quantitative estimate of drug-likeness (QED) is 0.876. The summed E-state index contributed by atoms with van der Waals surface area (Å²) in [5.41, 5.74) is 10.5. The number of hydrogen-bond donors (Lipinski definition) is 1. The molecule has 1 saturated carbocycles. The van der Waals surface area contributed by atoms with E-state index in [1.165, 1.54) is 46.8 Å². The Bertz CT molecular complexity index is 392. The maximum absolute atomic E-state index is 6.07. The van der Waals surface area contributed by atoms with Crippen LogP contribution in [0.5, 0.6) is 0 Å². The van der Waals surface area contributed by atoms with Crippen LogP contribution in [0.4, 0.5) is 0 Å². The van der Waals surface area contributed by atoms with E-state index in [2.05, 4.69) is 41.9 Å². The Hall–Kier alpha value is -0.340. The molecule has 1 aromatic carbocycles. The standard InChI is InChI=1S/C14H20BrN/c1-10-5-6-11(2)13(15)12(10)14(9-16)7-3-4-8-14/h5-6H,3-4,7-9,16H2,1-2H3. The van der Waals surface area contributed by atoms with Crippen molar-refractivity contribution in [2.75, 3.05) is 6.54 Å². The molecule has 0 aliphatic heterocycles. The van der Waals surface area contributed by atoms with Crippen LogP contribution in [0, 0.1) is 13.8 Å². The molecule has 16 heavy (non-hydrogen) atoms. The molecule has 1 aliphatic carbocycles. The Morgan fingerprint density at radius 3 is 2.31 bits per heavy atom. The van der Waals surface area contributed by atoms with Gasteiger partial charge in [0.25, 0.3) is 0 Å². The molecule has 1 aromatic rings. The van der Waals surface area contributed by atoms with E-state index < -0.39 is 0 Å². The molecule has 0 aromatic heterocycles. The van der Waals surface area contributed by atoms with Crippen molar-refractivity contribution >= 4 is 15.9 Å². The first kappa shape index (κ1) is 12.1. The first-order chi connectivity index (χ1) is 7.60. The molecule has 1 aliphatic rings. The number of nitrogens with two attached hydrogens (primary N) is 1. The Labute approximate surface area is 107 Å². The minimum Gasteiger partial charge on any atom is -0.330 e. The Morgan fingerprint density at radius 1 is 1.19 bits per heavy atom. The largest absolute Gasteiger partial charge is 0.330 e. The van der Waals surface area contributed by atoms with E-state index in [4.69, 9.17) is 5.73 Å². The highest BCUT2D eigenvalue weighted by Crippen LogP contribution is 2.45. The van der Waals surface area contributed by atoms with Gasteiger partial charge >= 0.3 is 0 Å². The first-order valence-corrected chi connectivity index (χ1v) is 6.86. The normalized spacial score (nSPS) is 19.0. The molecule has 0 spiro atoms. The maximum atomic E-state index is 6.07. The minimum absolute atomic E-state index is 0.231. The van der Waals surface area contributed by atoms with Crippen molar-refractivity contribution < 1.29 is 0 Å². The van der Waals surface area contributed by atoms with Crippen molar-refractivity contribution in [1.29, 1.82) is 0 Å².